The molecule has 0 aliphatic carbocycles. The van der Waals surface area contributed by atoms with Crippen LogP contribution in [0.3, 0.4) is 0 Å². The van der Waals surface area contributed by atoms with Gasteiger partial charge in [-0.25, -0.2) is 0 Å². The highest BCUT2D eigenvalue weighted by Crippen LogP contribution is 2.55. The number of ketones is 1. The molecular weight excluding hydrogens is 925 g/mol. The molecule has 1 amide bonds. The van der Waals surface area contributed by atoms with E-state index in [-0.39, 0.29) is 65.5 Å². The Morgan fingerprint density at radius 1 is 0.859 bits per heavy atom. The van der Waals surface area contributed by atoms with E-state index in [1.165, 1.54) is 53.2 Å². The van der Waals surface area contributed by atoms with Gasteiger partial charge in [-0.15, -0.1) is 0 Å². The number of phenolic OH excluding ortho intramolecular Hbond substituents is 2. The third-order valence-corrected chi connectivity index (χ3v) is 13.2. The van der Waals surface area contributed by atoms with Crippen molar-refractivity contribution in [1.29, 1.82) is 0 Å². The van der Waals surface area contributed by atoms with Gasteiger partial charge in [0, 0.05) is 84.8 Å². The fourth-order valence-electron chi connectivity index (χ4n) is 8.95. The highest BCUT2D eigenvalue weighted by Gasteiger charge is 2.49. The van der Waals surface area contributed by atoms with Gasteiger partial charge in [-0.1, -0.05) is 51.7 Å². The summed E-state index contributed by atoms with van der Waals surface area (Å²) in [7, 11) is 1.42. The molecule has 7 rings (SSSR count). The first-order chi connectivity index (χ1) is 33.8. The van der Waals surface area contributed by atoms with Crippen LogP contribution in [0.2, 0.25) is 0 Å². The van der Waals surface area contributed by atoms with Crippen LogP contribution in [0.5, 0.6) is 34.5 Å². The van der Waals surface area contributed by atoms with Crippen LogP contribution in [0.25, 0.3) is 10.8 Å². The molecule has 4 aliphatic heterocycles. The Hall–Kier alpha value is -6.09. The summed E-state index contributed by atoms with van der Waals surface area (Å²) < 4.78 is 52.4. The Morgan fingerprint density at radius 2 is 1.49 bits per heavy atom. The lowest BCUT2D eigenvalue weighted by molar-refractivity contribution is -0.266. The van der Waals surface area contributed by atoms with Crippen LogP contribution < -0.4 is 30.0 Å². The van der Waals surface area contributed by atoms with Crippen molar-refractivity contribution in [2.75, 3.05) is 70.6 Å². The van der Waals surface area contributed by atoms with Crippen LogP contribution >= 0.6 is 0 Å². The number of ether oxygens (including phenoxy) is 9. The highest BCUT2D eigenvalue weighted by atomic mass is 16.7. The number of carbonyl (C=O) groups excluding carboxylic acids is 3. The zero-order valence-corrected chi connectivity index (χ0v) is 41.7. The zero-order chi connectivity index (χ0) is 51.7. The van der Waals surface area contributed by atoms with Crippen molar-refractivity contribution < 1.29 is 82.5 Å². The minimum Gasteiger partial charge on any atom is -0.872 e. The predicted molar refractivity (Wildman–Crippen MR) is 259 cm³/mol. The number of amides is 1. The van der Waals surface area contributed by atoms with Gasteiger partial charge >= 0.3 is 11.8 Å². The van der Waals surface area contributed by atoms with Gasteiger partial charge in [-0.05, 0) is 37.6 Å². The molecule has 0 fully saturated rings. The number of benzene rings is 3. The maximum Gasteiger partial charge on any atom is 0.312 e. The second-order valence-corrected chi connectivity index (χ2v) is 18.2. The minimum absolute atomic E-state index is 0.0831. The van der Waals surface area contributed by atoms with E-state index in [0.717, 1.165) is 0 Å². The van der Waals surface area contributed by atoms with E-state index in [0.29, 0.717) is 50.2 Å². The number of rotatable bonds is 5. The van der Waals surface area contributed by atoms with Crippen LogP contribution in [-0.4, -0.2) is 128 Å². The van der Waals surface area contributed by atoms with E-state index in [4.69, 9.17) is 42.6 Å². The van der Waals surface area contributed by atoms with E-state index in [2.05, 4.69) is 10.6 Å². The van der Waals surface area contributed by atoms with Crippen molar-refractivity contribution in [3.63, 3.8) is 0 Å². The molecular formula is C52H67N2O17-. The zero-order valence-electron chi connectivity index (χ0n) is 41.7. The summed E-state index contributed by atoms with van der Waals surface area (Å²) >= 11 is 0. The number of aliphatic hydroxyl groups is 2. The lowest BCUT2D eigenvalue weighted by atomic mass is 9.78. The molecule has 3 aromatic carbocycles. The number of allylic oxidation sites excluding steroid dienone is 2. The van der Waals surface area contributed by atoms with Gasteiger partial charge in [0.25, 0.3) is 11.7 Å². The number of hydrogen-bond donors (Lipinski definition) is 6. The fourth-order valence-corrected chi connectivity index (χ4v) is 8.95. The summed E-state index contributed by atoms with van der Waals surface area (Å²) in [5, 5.41) is 67.0. The smallest absolute Gasteiger partial charge is 0.312 e. The molecule has 6 N–H and O–H groups in total. The van der Waals surface area contributed by atoms with Crippen LogP contribution in [0.15, 0.2) is 54.3 Å². The van der Waals surface area contributed by atoms with Gasteiger partial charge in [0.05, 0.1) is 75.5 Å². The summed E-state index contributed by atoms with van der Waals surface area (Å²) in [5.74, 6) is -8.42. The first-order valence-electron chi connectivity index (χ1n) is 23.7. The molecule has 0 saturated heterocycles. The van der Waals surface area contributed by atoms with E-state index in [1.54, 1.807) is 58.0 Å². The van der Waals surface area contributed by atoms with E-state index in [9.17, 15) is 39.9 Å². The molecule has 19 nitrogen and oxygen atoms in total. The Balaban J connectivity index is 1.46. The van der Waals surface area contributed by atoms with Crippen LogP contribution in [0.1, 0.15) is 70.0 Å². The molecule has 0 unspecified atom stereocenters. The molecule has 0 aromatic heterocycles. The van der Waals surface area contributed by atoms with Crippen LogP contribution in [0.4, 0.5) is 11.4 Å². The number of fused-ring (bicyclic) bond motifs is 15. The van der Waals surface area contributed by atoms with Gasteiger partial charge in [0.2, 0.25) is 0 Å². The number of aliphatic hydroxyl groups excluding tert-OH is 2. The molecule has 4 heterocycles. The van der Waals surface area contributed by atoms with Crippen LogP contribution in [0, 0.1) is 30.6 Å². The molecule has 19 heteroatoms. The number of aromatic hydroxyl groups is 2. The maximum absolute atomic E-state index is 14.7. The first kappa shape index (κ1) is 54.2. The SMILES string of the molecule is CO[C@H]1/C=C\O[C@@]2(C)Oc3c(C)c([O-])c4c(O)c(c(CNc5ccc6c(c5)OCCOCCOCCOCCO6)c(O)c4c3C2=O)NC(=O)/C(C)=C/C=C\[C@H](C)[C@H](O)[C@H](C)[C@@H](O)[C@@H](C)[C@H](OC(C)=O)[C@@H]1C. The Kier molecular flexibility index (Phi) is 18.2. The second-order valence-electron chi connectivity index (χ2n) is 18.2. The van der Waals surface area contributed by atoms with Gasteiger partial charge in [0.1, 0.15) is 36.6 Å². The normalized spacial score (nSPS) is 29.1. The molecule has 0 radical (unpaired) electrons. The monoisotopic (exact) mass is 991 g/mol. The number of nitrogens with one attached hydrogen (secondary N) is 2. The number of methoxy groups -OCH3 is 1. The molecule has 0 saturated carbocycles. The van der Waals surface area contributed by atoms with Gasteiger partial charge in [-0.3, -0.25) is 14.4 Å². The predicted octanol–water partition coefficient (Wildman–Crippen LogP) is 5.56. The van der Waals surface area contributed by atoms with Crippen molar-refractivity contribution in [2.24, 2.45) is 23.7 Å². The Labute approximate surface area is 413 Å². The number of esters is 1. The Morgan fingerprint density at radius 3 is 2.13 bits per heavy atom. The molecule has 3 aromatic rings. The summed E-state index contributed by atoms with van der Waals surface area (Å²) in [6, 6.07) is 5.02. The minimum atomic E-state index is -2.12. The van der Waals surface area contributed by atoms with Gasteiger partial charge in [-0.2, -0.15) is 0 Å². The number of phenols is 2. The summed E-state index contributed by atoms with van der Waals surface area (Å²) in [4.78, 5) is 41.1. The van der Waals surface area contributed by atoms with E-state index >= 15 is 0 Å². The lowest BCUT2D eigenvalue weighted by Crippen LogP contribution is -2.46. The lowest BCUT2D eigenvalue weighted by Gasteiger charge is -2.38. The highest BCUT2D eigenvalue weighted by molar-refractivity contribution is 6.22. The van der Waals surface area contributed by atoms with Crippen molar-refractivity contribution in [1.82, 2.24) is 0 Å². The van der Waals surface area contributed by atoms with Crippen molar-refractivity contribution >= 4 is 39.8 Å². The molecule has 71 heavy (non-hydrogen) atoms. The first-order valence-corrected chi connectivity index (χ1v) is 23.7. The van der Waals surface area contributed by atoms with Gasteiger partial charge < -0.3 is 78.8 Å². The van der Waals surface area contributed by atoms with Crippen molar-refractivity contribution in [3.8, 4) is 34.5 Å². The summed E-state index contributed by atoms with van der Waals surface area (Å²) in [5.41, 5.74) is -0.172. The quantitative estimate of drug-likeness (QED) is 0.104. The number of hydrogen-bond acceptors (Lipinski definition) is 18. The Bertz CT molecular complexity index is 2510. The number of Topliss-reactive ketones (excluding diaryl/α,β-unsaturated/α-hetero) is 1. The largest absolute Gasteiger partial charge is 0.872 e. The van der Waals surface area contributed by atoms with Crippen LogP contribution in [-0.2, 0) is 44.6 Å². The van der Waals surface area contributed by atoms with E-state index in [1.807, 2.05) is 0 Å². The average Bonchev–Trinajstić information content (AvgIpc) is 3.60. The number of anilines is 2. The molecule has 388 valence electrons. The van der Waals surface area contributed by atoms with E-state index < -0.39 is 94.2 Å². The topological polar surface area (TPSA) is 262 Å². The molecule has 4 aliphatic rings. The third kappa shape index (κ3) is 12.2. The van der Waals surface area contributed by atoms with Crippen molar-refractivity contribution in [2.45, 2.75) is 92.1 Å². The standard InChI is InChI=1S/C52H68N2O17/c1-27-11-10-12-28(2)51(62)54-42-35(26-53-34-13-14-37-38(25-34)68-24-22-66-20-18-64-17-19-65-21-23-67-37)46(59)39-40(47(42)60)45(58)32(6)49-41(39)50(61)52(8,71-49)69-16-15-36(63-9)29(3)48(70-33(7)55)31(5)44(57)30(4)43(27)56/h10-16,25,27,29-31,36,43-44,48,53,56-60H,17-24,26H2,1-9H3,(H,54,62)/p-1/b11-10-,16-15-,28-12+/t27-,29+,30-,31+,36-,43-,44+,48+,52-/m0/s1. The summed E-state index contributed by atoms with van der Waals surface area (Å²) in [6.45, 7) is 14.6. The average molecular weight is 992 g/mol. The fraction of sp³-hybridized carbons (Fsp3) is 0.519. The maximum atomic E-state index is 14.7. The molecule has 9 atom stereocenters. The summed E-state index contributed by atoms with van der Waals surface area (Å²) in [6.07, 6.45) is 3.33. The number of carbonyl (C=O) groups is 3. The van der Waals surface area contributed by atoms with Crippen molar-refractivity contribution in [3.05, 3.63) is 71.0 Å². The third-order valence-electron chi connectivity index (χ3n) is 13.2. The molecule has 5 bridgehead atoms. The second kappa shape index (κ2) is 23.9. The van der Waals surface area contributed by atoms with Gasteiger partial charge in [0.15, 0.2) is 11.5 Å². The molecule has 0 spiro atoms.